The summed E-state index contributed by atoms with van der Waals surface area (Å²) in [5, 5.41) is 6.91. The summed E-state index contributed by atoms with van der Waals surface area (Å²) in [6, 6.07) is 16.2. The molecule has 166 valence electrons. The Morgan fingerprint density at radius 3 is 2.65 bits per heavy atom. The summed E-state index contributed by atoms with van der Waals surface area (Å²) in [5.74, 6) is 3.33. The average molecular weight is 426 g/mol. The van der Waals surface area contributed by atoms with Crippen molar-refractivity contribution >= 4 is 5.96 Å². The number of rotatable bonds is 8. The van der Waals surface area contributed by atoms with Crippen molar-refractivity contribution in [3.63, 3.8) is 0 Å². The van der Waals surface area contributed by atoms with Crippen molar-refractivity contribution in [3.05, 3.63) is 54.1 Å². The maximum absolute atomic E-state index is 5.75. The molecule has 0 saturated carbocycles. The van der Waals surface area contributed by atoms with Gasteiger partial charge in [-0.3, -0.25) is 4.99 Å². The van der Waals surface area contributed by atoms with Crippen LogP contribution < -0.4 is 24.8 Å². The lowest BCUT2D eigenvalue weighted by molar-refractivity contribution is 0.0513. The summed E-state index contributed by atoms with van der Waals surface area (Å²) in [7, 11) is 1.80. The van der Waals surface area contributed by atoms with Gasteiger partial charge in [0, 0.05) is 38.8 Å². The molecule has 0 atom stereocenters. The third kappa shape index (κ3) is 5.41. The van der Waals surface area contributed by atoms with Gasteiger partial charge in [0.05, 0.1) is 6.61 Å². The zero-order chi connectivity index (χ0) is 21.4. The van der Waals surface area contributed by atoms with E-state index in [4.69, 9.17) is 18.9 Å². The summed E-state index contributed by atoms with van der Waals surface area (Å²) in [4.78, 5) is 4.39. The highest BCUT2D eigenvalue weighted by Crippen LogP contribution is 2.40. The number of para-hydroxylation sites is 1. The number of fused-ring (bicyclic) bond motifs is 1. The number of nitrogens with zero attached hydrogens (tertiary/aromatic N) is 1. The third-order valence-corrected chi connectivity index (χ3v) is 5.88. The van der Waals surface area contributed by atoms with Gasteiger partial charge in [0.25, 0.3) is 0 Å². The van der Waals surface area contributed by atoms with Gasteiger partial charge >= 0.3 is 0 Å². The van der Waals surface area contributed by atoms with Crippen molar-refractivity contribution in [2.75, 3.05) is 46.8 Å². The Kier molecular flexibility index (Phi) is 7.14. The quantitative estimate of drug-likeness (QED) is 0.385. The van der Waals surface area contributed by atoms with Crippen LogP contribution >= 0.6 is 0 Å². The van der Waals surface area contributed by atoms with Gasteiger partial charge in [-0.15, -0.1) is 0 Å². The van der Waals surface area contributed by atoms with Crippen molar-refractivity contribution in [1.29, 1.82) is 0 Å². The lowest BCUT2D eigenvalue weighted by atomic mass is 9.74. The van der Waals surface area contributed by atoms with Gasteiger partial charge in [-0.25, -0.2) is 0 Å². The number of benzene rings is 2. The molecule has 2 aliphatic heterocycles. The molecule has 0 spiro atoms. The van der Waals surface area contributed by atoms with Crippen molar-refractivity contribution in [3.8, 4) is 17.2 Å². The molecule has 1 saturated heterocycles. The van der Waals surface area contributed by atoms with Crippen LogP contribution in [-0.2, 0) is 10.2 Å². The molecule has 31 heavy (non-hydrogen) atoms. The number of hydrogen-bond donors (Lipinski definition) is 2. The monoisotopic (exact) mass is 425 g/mol. The Balaban J connectivity index is 1.30. The first kappa shape index (κ1) is 21.3. The lowest BCUT2D eigenvalue weighted by Crippen LogP contribution is -2.48. The van der Waals surface area contributed by atoms with Crippen molar-refractivity contribution in [1.82, 2.24) is 10.6 Å². The molecule has 0 aliphatic carbocycles. The zero-order valence-corrected chi connectivity index (χ0v) is 18.1. The first-order valence-corrected chi connectivity index (χ1v) is 10.9. The van der Waals surface area contributed by atoms with Crippen LogP contribution in [0.2, 0.25) is 0 Å². The molecule has 0 amide bonds. The highest BCUT2D eigenvalue weighted by molar-refractivity contribution is 5.79. The van der Waals surface area contributed by atoms with E-state index in [9.17, 15) is 0 Å². The Morgan fingerprint density at radius 1 is 1.03 bits per heavy atom. The first-order valence-electron chi connectivity index (χ1n) is 10.9. The smallest absolute Gasteiger partial charge is 0.231 e. The minimum Gasteiger partial charge on any atom is -0.494 e. The van der Waals surface area contributed by atoms with Gasteiger partial charge in [-0.2, -0.15) is 0 Å². The van der Waals surface area contributed by atoms with E-state index in [-0.39, 0.29) is 12.2 Å². The third-order valence-electron chi connectivity index (χ3n) is 5.88. The summed E-state index contributed by atoms with van der Waals surface area (Å²) in [5.41, 5.74) is 1.21. The van der Waals surface area contributed by atoms with Crippen molar-refractivity contribution in [2.24, 2.45) is 4.99 Å². The normalized spacial score (nSPS) is 17.3. The molecule has 7 heteroatoms. The number of ether oxygens (including phenoxy) is 4. The Hall–Kier alpha value is -2.93. The highest BCUT2D eigenvalue weighted by atomic mass is 16.7. The molecule has 0 radical (unpaired) electrons. The average Bonchev–Trinajstić information content (AvgIpc) is 3.30. The van der Waals surface area contributed by atoms with Gasteiger partial charge in [0.2, 0.25) is 6.79 Å². The second-order valence-electron chi connectivity index (χ2n) is 7.83. The molecular weight excluding hydrogens is 394 g/mol. The molecule has 4 rings (SSSR count). The van der Waals surface area contributed by atoms with Crippen LogP contribution in [0.25, 0.3) is 0 Å². The van der Waals surface area contributed by atoms with Gasteiger partial charge in [-0.1, -0.05) is 24.3 Å². The fourth-order valence-electron chi connectivity index (χ4n) is 4.02. The van der Waals surface area contributed by atoms with Crippen LogP contribution in [0.15, 0.2) is 53.5 Å². The van der Waals surface area contributed by atoms with E-state index in [1.54, 1.807) is 7.05 Å². The van der Waals surface area contributed by atoms with Crippen LogP contribution in [0.1, 0.15) is 24.8 Å². The Bertz CT molecular complexity index is 866. The first-order chi connectivity index (χ1) is 15.3. The van der Waals surface area contributed by atoms with E-state index in [0.29, 0.717) is 6.61 Å². The minimum atomic E-state index is -0.0345. The standard InChI is InChI=1S/C24H31N3O4/c1-25-23(26-12-5-13-29-20-6-3-2-4-7-20)27-17-24(10-14-28-15-11-24)19-8-9-21-22(16-19)31-18-30-21/h2-4,6-9,16H,5,10-15,17-18H2,1H3,(H2,25,26,27). The molecule has 2 N–H and O–H groups in total. The summed E-state index contributed by atoms with van der Waals surface area (Å²) in [6.45, 7) is 4.00. The molecule has 2 aromatic rings. The van der Waals surface area contributed by atoms with E-state index >= 15 is 0 Å². The zero-order valence-electron chi connectivity index (χ0n) is 18.1. The van der Waals surface area contributed by atoms with Gasteiger partial charge in [0.15, 0.2) is 17.5 Å². The topological polar surface area (TPSA) is 73.3 Å². The Morgan fingerprint density at radius 2 is 1.84 bits per heavy atom. The second kappa shape index (κ2) is 10.4. The molecule has 2 heterocycles. The molecule has 0 aromatic heterocycles. The number of hydrogen-bond acceptors (Lipinski definition) is 5. The fourth-order valence-corrected chi connectivity index (χ4v) is 4.02. The van der Waals surface area contributed by atoms with Gasteiger partial charge in [-0.05, 0) is 49.1 Å². The van der Waals surface area contributed by atoms with Crippen LogP contribution in [0, 0.1) is 0 Å². The predicted octanol–water partition coefficient (Wildman–Crippen LogP) is 3.10. The number of aliphatic imine (C=N–C) groups is 1. The molecule has 0 bridgehead atoms. The van der Waals surface area contributed by atoms with Crippen LogP contribution in [0.3, 0.4) is 0 Å². The van der Waals surface area contributed by atoms with E-state index < -0.39 is 0 Å². The van der Waals surface area contributed by atoms with Gasteiger partial charge in [0.1, 0.15) is 5.75 Å². The molecule has 2 aromatic carbocycles. The number of guanidine groups is 1. The fraction of sp³-hybridized carbons (Fsp3) is 0.458. The van der Waals surface area contributed by atoms with Gasteiger partial charge < -0.3 is 29.6 Å². The largest absolute Gasteiger partial charge is 0.494 e. The lowest BCUT2D eigenvalue weighted by Gasteiger charge is -2.38. The van der Waals surface area contributed by atoms with E-state index in [2.05, 4.69) is 27.8 Å². The summed E-state index contributed by atoms with van der Waals surface area (Å²) < 4.78 is 22.5. The van der Waals surface area contributed by atoms with Crippen molar-refractivity contribution in [2.45, 2.75) is 24.7 Å². The van der Waals surface area contributed by atoms with E-state index in [0.717, 1.165) is 68.8 Å². The van der Waals surface area contributed by atoms with E-state index in [1.165, 1.54) is 5.56 Å². The molecule has 7 nitrogen and oxygen atoms in total. The van der Waals surface area contributed by atoms with Crippen molar-refractivity contribution < 1.29 is 18.9 Å². The Labute approximate surface area is 183 Å². The van der Waals surface area contributed by atoms with Crippen LogP contribution in [0.5, 0.6) is 17.2 Å². The maximum atomic E-state index is 5.75. The molecular formula is C24H31N3O4. The minimum absolute atomic E-state index is 0.0345. The summed E-state index contributed by atoms with van der Waals surface area (Å²) >= 11 is 0. The van der Waals surface area contributed by atoms with E-state index in [1.807, 2.05) is 36.4 Å². The predicted molar refractivity (Wildman–Crippen MR) is 120 cm³/mol. The highest BCUT2D eigenvalue weighted by Gasteiger charge is 2.35. The van der Waals surface area contributed by atoms with Crippen LogP contribution in [-0.4, -0.2) is 52.7 Å². The maximum Gasteiger partial charge on any atom is 0.231 e. The SMILES string of the molecule is CN=C(NCCCOc1ccccc1)NCC1(c2ccc3c(c2)OCO3)CCOCC1. The summed E-state index contributed by atoms with van der Waals surface area (Å²) in [6.07, 6.45) is 2.78. The van der Waals surface area contributed by atoms with Crippen LogP contribution in [0.4, 0.5) is 0 Å². The molecule has 2 aliphatic rings. The second-order valence-corrected chi connectivity index (χ2v) is 7.83. The number of nitrogens with one attached hydrogen (secondary N) is 2. The molecule has 0 unspecified atom stereocenters. The molecule has 1 fully saturated rings.